The van der Waals surface area contributed by atoms with Gasteiger partial charge in [0.05, 0.1) is 0 Å². The molecule has 55 heavy (non-hydrogen) atoms. The summed E-state index contributed by atoms with van der Waals surface area (Å²) < 4.78 is 0. The molecule has 3 atom stereocenters. The topological polar surface area (TPSA) is 3.24 Å². The van der Waals surface area contributed by atoms with Crippen molar-refractivity contribution < 1.29 is 0 Å². The Balaban J connectivity index is 1.32. The van der Waals surface area contributed by atoms with Crippen molar-refractivity contribution in [2.75, 3.05) is 4.90 Å². The monoisotopic (exact) mass is 713 g/mol. The lowest BCUT2D eigenvalue weighted by atomic mass is 9.26. The molecule has 272 valence electrons. The lowest BCUT2D eigenvalue weighted by molar-refractivity contribution is 0.561. The summed E-state index contributed by atoms with van der Waals surface area (Å²) in [6.45, 7) is 16.7. The molecule has 0 saturated heterocycles. The highest BCUT2D eigenvalue weighted by Crippen LogP contribution is 2.61. The zero-order valence-electron chi connectivity index (χ0n) is 33.5. The van der Waals surface area contributed by atoms with Crippen LogP contribution in [0, 0.1) is 5.92 Å². The third-order valence-corrected chi connectivity index (χ3v) is 13.8. The first-order valence-corrected chi connectivity index (χ1v) is 20.6. The highest BCUT2D eigenvalue weighted by Gasteiger charge is 2.55. The first-order chi connectivity index (χ1) is 26.4. The van der Waals surface area contributed by atoms with Crippen LogP contribution in [0.1, 0.15) is 101 Å². The van der Waals surface area contributed by atoms with Crippen molar-refractivity contribution in [1.82, 2.24) is 0 Å². The maximum atomic E-state index is 2.67. The second-order valence-corrected chi connectivity index (χ2v) is 19.0. The molecule has 2 heterocycles. The SMILES string of the molecule is CC(C)(C)c1ccc(N2c3ccc(C(C)(C)C)cc3B3c4c(cc(C(C)(c5ccccc5)c5ccccc5)cc42)C2C4=C(CCC=C4)C4=CC=CC3C42)cc1. The molecule has 0 aromatic heterocycles. The third-order valence-electron chi connectivity index (χ3n) is 13.8. The molecule has 0 spiro atoms. The van der Waals surface area contributed by atoms with E-state index in [0.29, 0.717) is 17.7 Å². The molecule has 1 nitrogen and oxygen atoms in total. The van der Waals surface area contributed by atoms with Crippen LogP contribution in [0.4, 0.5) is 17.1 Å². The molecule has 0 amide bonds. The predicted octanol–water partition coefficient (Wildman–Crippen LogP) is 12.3. The average Bonchev–Trinajstić information content (AvgIpc) is 3.54. The lowest BCUT2D eigenvalue weighted by Crippen LogP contribution is -2.59. The summed E-state index contributed by atoms with van der Waals surface area (Å²) >= 11 is 0. The van der Waals surface area contributed by atoms with E-state index < -0.39 is 0 Å². The number of fused-ring (bicyclic) bond motifs is 6. The quantitative estimate of drug-likeness (QED) is 0.132. The minimum atomic E-state index is -0.373. The van der Waals surface area contributed by atoms with Crippen LogP contribution in [0.3, 0.4) is 0 Å². The van der Waals surface area contributed by atoms with Crippen LogP contribution in [-0.2, 0) is 16.2 Å². The number of allylic oxidation sites excluding steroid dienone is 8. The Morgan fingerprint density at radius 3 is 1.95 bits per heavy atom. The molecule has 2 heteroatoms. The number of anilines is 3. The number of rotatable bonds is 4. The minimum Gasteiger partial charge on any atom is -0.312 e. The van der Waals surface area contributed by atoms with E-state index in [-0.39, 0.29) is 23.0 Å². The molecule has 0 fully saturated rings. The zero-order chi connectivity index (χ0) is 37.9. The van der Waals surface area contributed by atoms with Crippen molar-refractivity contribution >= 4 is 34.7 Å². The van der Waals surface area contributed by atoms with Crippen LogP contribution in [0.25, 0.3) is 0 Å². The van der Waals surface area contributed by atoms with Crippen LogP contribution in [0.2, 0.25) is 5.82 Å². The molecule has 5 aromatic rings. The van der Waals surface area contributed by atoms with Crippen molar-refractivity contribution in [3.8, 4) is 0 Å². The van der Waals surface area contributed by atoms with Crippen molar-refractivity contribution in [3.05, 3.63) is 196 Å². The number of benzene rings is 5. The molecule has 0 bridgehead atoms. The van der Waals surface area contributed by atoms with Crippen molar-refractivity contribution in [1.29, 1.82) is 0 Å². The van der Waals surface area contributed by atoms with E-state index in [4.69, 9.17) is 0 Å². The summed E-state index contributed by atoms with van der Waals surface area (Å²) in [5.41, 5.74) is 19.7. The van der Waals surface area contributed by atoms with Gasteiger partial charge in [-0.25, -0.2) is 0 Å². The Bertz CT molecular complexity index is 2430. The van der Waals surface area contributed by atoms with Gasteiger partial charge in [-0.3, -0.25) is 0 Å². The van der Waals surface area contributed by atoms with Gasteiger partial charge in [-0.15, -0.1) is 0 Å². The summed E-state index contributed by atoms with van der Waals surface area (Å²) in [6, 6.07) is 44.6. The van der Waals surface area contributed by atoms with Gasteiger partial charge < -0.3 is 4.90 Å². The molecular weight excluding hydrogens is 661 g/mol. The van der Waals surface area contributed by atoms with Crippen molar-refractivity contribution in [3.63, 3.8) is 0 Å². The molecule has 0 saturated carbocycles. The van der Waals surface area contributed by atoms with Crippen LogP contribution in [-0.4, -0.2) is 6.71 Å². The van der Waals surface area contributed by atoms with Gasteiger partial charge in [0.15, 0.2) is 0 Å². The van der Waals surface area contributed by atoms with Gasteiger partial charge in [0.1, 0.15) is 0 Å². The standard InChI is InChI=1S/C53H52BN/c1-51(2,3)34-25-28-39(29-26-34)55-46-30-27-37(52(4,5)6)32-45(46)54-44-24-16-23-42-40-21-14-15-22-41(40)48(49(42)44)43-31-38(33-47(55)50(43)54)53(7,35-17-10-8-11-18-35)36-19-12-9-13-20-36/h8-13,15-20,22-33,44,48-49H,14,21H2,1-7H3. The Morgan fingerprint density at radius 1 is 0.636 bits per heavy atom. The molecule has 2 aliphatic heterocycles. The summed E-state index contributed by atoms with van der Waals surface area (Å²) in [6.07, 6.45) is 14.7. The normalized spacial score (nSPS) is 20.9. The van der Waals surface area contributed by atoms with Crippen LogP contribution in [0.15, 0.2) is 162 Å². The number of hydrogen-bond donors (Lipinski definition) is 0. The van der Waals surface area contributed by atoms with E-state index >= 15 is 0 Å². The minimum absolute atomic E-state index is 0.0395. The van der Waals surface area contributed by atoms with Gasteiger partial charge in [0.2, 0.25) is 6.71 Å². The van der Waals surface area contributed by atoms with Crippen LogP contribution >= 0.6 is 0 Å². The van der Waals surface area contributed by atoms with E-state index in [1.165, 1.54) is 61.4 Å². The van der Waals surface area contributed by atoms with E-state index in [2.05, 4.69) is 199 Å². The van der Waals surface area contributed by atoms with Gasteiger partial charge in [-0.05, 0) is 128 Å². The van der Waals surface area contributed by atoms with Crippen molar-refractivity contribution in [2.45, 2.75) is 89.3 Å². The smallest absolute Gasteiger partial charge is 0.222 e. The van der Waals surface area contributed by atoms with Gasteiger partial charge in [-0.1, -0.05) is 163 Å². The molecule has 5 aliphatic rings. The highest BCUT2D eigenvalue weighted by atomic mass is 15.2. The molecule has 5 aromatic carbocycles. The lowest BCUT2D eigenvalue weighted by Gasteiger charge is -2.49. The molecule has 3 aliphatic carbocycles. The molecule has 0 N–H and O–H groups in total. The Labute approximate surface area is 329 Å². The number of hydrogen-bond acceptors (Lipinski definition) is 1. The van der Waals surface area contributed by atoms with Crippen molar-refractivity contribution in [2.24, 2.45) is 5.92 Å². The Morgan fingerprint density at radius 2 is 1.29 bits per heavy atom. The molecule has 0 radical (unpaired) electrons. The average molecular weight is 714 g/mol. The van der Waals surface area contributed by atoms with E-state index in [1.807, 2.05) is 0 Å². The number of nitrogens with zero attached hydrogens (tertiary/aromatic N) is 1. The Kier molecular flexibility index (Phi) is 7.64. The summed E-state index contributed by atoms with van der Waals surface area (Å²) in [5.74, 6) is 1.14. The Hall–Kier alpha value is -5.08. The second-order valence-electron chi connectivity index (χ2n) is 19.0. The van der Waals surface area contributed by atoms with Crippen LogP contribution < -0.4 is 15.8 Å². The second kappa shape index (κ2) is 12.2. The fourth-order valence-electron chi connectivity index (χ4n) is 10.9. The molecule has 3 unspecified atom stereocenters. The van der Waals surface area contributed by atoms with Gasteiger partial charge in [-0.2, -0.15) is 0 Å². The maximum Gasteiger partial charge on any atom is 0.222 e. The first-order valence-electron chi connectivity index (χ1n) is 20.6. The fraction of sp³-hybridized carbons (Fsp3) is 0.283. The summed E-state index contributed by atoms with van der Waals surface area (Å²) in [7, 11) is 0. The van der Waals surface area contributed by atoms with Crippen LogP contribution in [0.5, 0.6) is 0 Å². The predicted molar refractivity (Wildman–Crippen MR) is 235 cm³/mol. The zero-order valence-corrected chi connectivity index (χ0v) is 33.5. The van der Waals surface area contributed by atoms with E-state index in [9.17, 15) is 0 Å². The van der Waals surface area contributed by atoms with E-state index in [1.54, 1.807) is 16.7 Å². The third kappa shape index (κ3) is 5.13. The highest BCUT2D eigenvalue weighted by molar-refractivity contribution is 6.90. The van der Waals surface area contributed by atoms with Gasteiger partial charge >= 0.3 is 0 Å². The fourth-order valence-corrected chi connectivity index (χ4v) is 10.9. The van der Waals surface area contributed by atoms with Gasteiger partial charge in [0, 0.05) is 28.4 Å². The van der Waals surface area contributed by atoms with E-state index in [0.717, 1.165) is 12.8 Å². The molecule has 10 rings (SSSR count). The molecular formula is C53H52BN. The summed E-state index contributed by atoms with van der Waals surface area (Å²) in [5, 5.41) is 0. The first kappa shape index (κ1) is 34.4. The summed E-state index contributed by atoms with van der Waals surface area (Å²) in [4.78, 5) is 2.63. The maximum absolute atomic E-state index is 2.67. The largest absolute Gasteiger partial charge is 0.312 e. The van der Waals surface area contributed by atoms with Gasteiger partial charge in [0.25, 0.3) is 0 Å².